The van der Waals surface area contributed by atoms with Crippen LogP contribution in [0.25, 0.3) is 0 Å². The van der Waals surface area contributed by atoms with Gasteiger partial charge in [0.2, 0.25) is 5.91 Å². The van der Waals surface area contributed by atoms with Crippen LogP contribution in [0, 0.1) is 6.92 Å². The number of carbonyl (C=O) groups excluding carboxylic acids is 3. The summed E-state index contributed by atoms with van der Waals surface area (Å²) in [7, 11) is 0. The molecule has 9 nitrogen and oxygen atoms in total. The maximum absolute atomic E-state index is 12.8. The molecule has 1 aromatic heterocycles. The van der Waals surface area contributed by atoms with Gasteiger partial charge in [0.05, 0.1) is 24.9 Å². The van der Waals surface area contributed by atoms with Gasteiger partial charge in [-0.1, -0.05) is 24.3 Å². The molecule has 2 aliphatic heterocycles. The first-order valence-electron chi connectivity index (χ1n) is 11.5. The van der Waals surface area contributed by atoms with Crippen LogP contribution >= 0.6 is 0 Å². The summed E-state index contributed by atoms with van der Waals surface area (Å²) in [6.07, 6.45) is 1.89. The monoisotopic (exact) mass is 466 g/mol. The molecule has 0 bridgehead atoms. The van der Waals surface area contributed by atoms with Crippen molar-refractivity contribution in [1.82, 2.24) is 20.4 Å². The van der Waals surface area contributed by atoms with E-state index in [0.717, 1.165) is 11.1 Å². The number of hydrogen-bond donors (Lipinski definition) is 2. The molecule has 4 rings (SSSR count). The minimum Gasteiger partial charge on any atom is -0.467 e. The van der Waals surface area contributed by atoms with E-state index in [-0.39, 0.29) is 12.5 Å². The molecule has 3 amide bonds. The maximum Gasteiger partial charge on any atom is 0.338 e. The van der Waals surface area contributed by atoms with Gasteiger partial charge in [0.25, 0.3) is 0 Å². The SMILES string of the molecule is CCOC(=O)C1=C(CN2CCN(C(=O)Cc3ccccc3C)CC2)NC(=O)NC1c1ccco1. The topological polar surface area (TPSA) is 104 Å². The molecule has 1 saturated heterocycles. The smallest absolute Gasteiger partial charge is 0.338 e. The van der Waals surface area contributed by atoms with E-state index in [1.165, 1.54) is 6.26 Å². The fraction of sp³-hybridized carbons (Fsp3) is 0.400. The average molecular weight is 467 g/mol. The molecule has 0 radical (unpaired) electrons. The van der Waals surface area contributed by atoms with Crippen LogP contribution < -0.4 is 10.6 Å². The second-order valence-electron chi connectivity index (χ2n) is 8.42. The van der Waals surface area contributed by atoms with Gasteiger partial charge < -0.3 is 24.7 Å². The molecule has 2 aromatic rings. The van der Waals surface area contributed by atoms with Crippen LogP contribution in [0.1, 0.15) is 29.9 Å². The molecule has 1 atom stereocenters. The Hall–Kier alpha value is -3.59. The number of hydrogen-bond acceptors (Lipinski definition) is 6. The molecule has 180 valence electrons. The lowest BCUT2D eigenvalue weighted by atomic mass is 9.99. The quantitative estimate of drug-likeness (QED) is 0.606. The van der Waals surface area contributed by atoms with Crippen molar-refractivity contribution in [3.05, 3.63) is 70.8 Å². The van der Waals surface area contributed by atoms with Crippen molar-refractivity contribution in [2.24, 2.45) is 0 Å². The van der Waals surface area contributed by atoms with E-state index in [4.69, 9.17) is 9.15 Å². The first-order chi connectivity index (χ1) is 16.5. The van der Waals surface area contributed by atoms with Gasteiger partial charge in [0.1, 0.15) is 11.8 Å². The highest BCUT2D eigenvalue weighted by atomic mass is 16.5. The molecule has 0 aliphatic carbocycles. The minimum atomic E-state index is -0.727. The fourth-order valence-electron chi connectivity index (χ4n) is 4.32. The highest BCUT2D eigenvalue weighted by molar-refractivity contribution is 5.95. The summed E-state index contributed by atoms with van der Waals surface area (Å²) < 4.78 is 10.8. The molecular weight excluding hydrogens is 436 g/mol. The van der Waals surface area contributed by atoms with E-state index in [1.54, 1.807) is 19.1 Å². The lowest BCUT2D eigenvalue weighted by Crippen LogP contribution is -2.52. The van der Waals surface area contributed by atoms with Crippen LogP contribution in [0.15, 0.2) is 58.3 Å². The zero-order chi connectivity index (χ0) is 24.1. The maximum atomic E-state index is 12.8. The van der Waals surface area contributed by atoms with Crippen molar-refractivity contribution in [1.29, 1.82) is 0 Å². The van der Waals surface area contributed by atoms with Crippen molar-refractivity contribution in [2.45, 2.75) is 26.3 Å². The number of esters is 1. The number of amides is 3. The first kappa shape index (κ1) is 23.6. The number of carbonyl (C=O) groups is 3. The number of ether oxygens (including phenoxy) is 1. The lowest BCUT2D eigenvalue weighted by Gasteiger charge is -2.36. The molecule has 2 N–H and O–H groups in total. The molecule has 1 unspecified atom stereocenters. The van der Waals surface area contributed by atoms with Gasteiger partial charge in [-0.2, -0.15) is 0 Å². The highest BCUT2D eigenvalue weighted by Gasteiger charge is 2.36. The summed E-state index contributed by atoms with van der Waals surface area (Å²) in [4.78, 5) is 42.0. The number of aryl methyl sites for hydroxylation is 1. The van der Waals surface area contributed by atoms with Crippen molar-refractivity contribution < 1.29 is 23.5 Å². The summed E-state index contributed by atoms with van der Waals surface area (Å²) in [5.74, 6) is 0.0638. The number of nitrogens with one attached hydrogen (secondary N) is 2. The Kier molecular flexibility index (Phi) is 7.32. The molecule has 1 fully saturated rings. The Labute approximate surface area is 198 Å². The van der Waals surface area contributed by atoms with Gasteiger partial charge in [0, 0.05) is 38.4 Å². The van der Waals surface area contributed by atoms with E-state index < -0.39 is 18.0 Å². The molecule has 34 heavy (non-hydrogen) atoms. The zero-order valence-electron chi connectivity index (χ0n) is 19.5. The van der Waals surface area contributed by atoms with Gasteiger partial charge >= 0.3 is 12.0 Å². The van der Waals surface area contributed by atoms with Gasteiger partial charge in [-0.3, -0.25) is 9.69 Å². The molecule has 1 aromatic carbocycles. The second-order valence-corrected chi connectivity index (χ2v) is 8.42. The molecule has 3 heterocycles. The molecular formula is C25H30N4O5. The Morgan fingerprint density at radius 2 is 1.88 bits per heavy atom. The van der Waals surface area contributed by atoms with Crippen LogP contribution in [0.4, 0.5) is 4.79 Å². The molecule has 0 saturated carbocycles. The van der Waals surface area contributed by atoms with Crippen LogP contribution in [0.2, 0.25) is 0 Å². The average Bonchev–Trinajstić information content (AvgIpc) is 3.36. The number of furan rings is 1. The first-order valence-corrected chi connectivity index (χ1v) is 11.5. The summed E-state index contributed by atoms with van der Waals surface area (Å²) in [5, 5.41) is 5.53. The van der Waals surface area contributed by atoms with Gasteiger partial charge in [-0.05, 0) is 37.1 Å². The standard InChI is InChI=1S/C25H30N4O5/c1-3-33-24(31)22-19(26-25(32)27-23(22)20-9-6-14-34-20)16-28-10-12-29(13-11-28)21(30)15-18-8-5-4-7-17(18)2/h4-9,14,23H,3,10-13,15-16H2,1-2H3,(H2,26,27,32). The molecule has 2 aliphatic rings. The Balaban J connectivity index is 1.45. The number of urea groups is 1. The Morgan fingerprint density at radius 1 is 1.12 bits per heavy atom. The number of piperazine rings is 1. The largest absolute Gasteiger partial charge is 0.467 e. The van der Waals surface area contributed by atoms with Gasteiger partial charge in [-0.15, -0.1) is 0 Å². The summed E-state index contributed by atoms with van der Waals surface area (Å²) >= 11 is 0. The van der Waals surface area contributed by atoms with Crippen LogP contribution in [0.3, 0.4) is 0 Å². The third-order valence-electron chi connectivity index (χ3n) is 6.19. The van der Waals surface area contributed by atoms with E-state index in [9.17, 15) is 14.4 Å². The summed E-state index contributed by atoms with van der Waals surface area (Å²) in [5.41, 5.74) is 2.97. The van der Waals surface area contributed by atoms with E-state index >= 15 is 0 Å². The predicted molar refractivity (Wildman–Crippen MR) is 125 cm³/mol. The third kappa shape index (κ3) is 5.31. The molecule has 0 spiro atoms. The van der Waals surface area contributed by atoms with Crippen LogP contribution in [-0.2, 0) is 20.7 Å². The van der Waals surface area contributed by atoms with E-state index in [1.807, 2.05) is 36.1 Å². The minimum absolute atomic E-state index is 0.105. The number of nitrogens with zero attached hydrogens (tertiary/aromatic N) is 2. The summed E-state index contributed by atoms with van der Waals surface area (Å²) in [6.45, 7) is 6.76. The number of rotatable bonds is 7. The van der Waals surface area contributed by atoms with Crippen molar-refractivity contribution in [3.63, 3.8) is 0 Å². The Morgan fingerprint density at radius 3 is 2.56 bits per heavy atom. The Bertz CT molecular complexity index is 1070. The fourth-order valence-corrected chi connectivity index (χ4v) is 4.32. The van der Waals surface area contributed by atoms with Crippen molar-refractivity contribution >= 4 is 17.9 Å². The molecule has 9 heteroatoms. The second kappa shape index (κ2) is 10.6. The van der Waals surface area contributed by atoms with Crippen molar-refractivity contribution in [2.75, 3.05) is 39.3 Å². The zero-order valence-corrected chi connectivity index (χ0v) is 19.5. The number of benzene rings is 1. The third-order valence-corrected chi connectivity index (χ3v) is 6.19. The lowest BCUT2D eigenvalue weighted by molar-refractivity contribution is -0.139. The van der Waals surface area contributed by atoms with Gasteiger partial charge in [0.15, 0.2) is 0 Å². The summed E-state index contributed by atoms with van der Waals surface area (Å²) in [6, 6.07) is 10.2. The van der Waals surface area contributed by atoms with Gasteiger partial charge in [-0.25, -0.2) is 9.59 Å². The van der Waals surface area contributed by atoms with E-state index in [2.05, 4.69) is 15.5 Å². The normalized spacial score (nSPS) is 18.9. The highest BCUT2D eigenvalue weighted by Crippen LogP contribution is 2.28. The van der Waals surface area contributed by atoms with Crippen LogP contribution in [-0.4, -0.2) is 67.0 Å². The predicted octanol–water partition coefficient (Wildman–Crippen LogP) is 2.15. The van der Waals surface area contributed by atoms with E-state index in [0.29, 0.717) is 56.2 Å². The van der Waals surface area contributed by atoms with Crippen molar-refractivity contribution in [3.8, 4) is 0 Å². The van der Waals surface area contributed by atoms with Crippen LogP contribution in [0.5, 0.6) is 0 Å².